The second-order valence-electron chi connectivity index (χ2n) is 2.61. The lowest BCUT2D eigenvalue weighted by Crippen LogP contribution is -1.93. The first-order valence-electron chi connectivity index (χ1n) is 3.91. The molecule has 0 aliphatic rings. The minimum atomic E-state index is -1.05. The number of methoxy groups -OCH3 is 1. The van der Waals surface area contributed by atoms with Crippen molar-refractivity contribution < 1.29 is 14.6 Å². The van der Waals surface area contributed by atoms with Gasteiger partial charge in [-0.15, -0.1) is 12.6 Å². The van der Waals surface area contributed by atoms with Crippen LogP contribution >= 0.6 is 12.6 Å². The predicted octanol–water partition coefficient (Wildman–Crippen LogP) is 2.05. The van der Waals surface area contributed by atoms with Gasteiger partial charge in [0, 0.05) is 0 Å². The van der Waals surface area contributed by atoms with Crippen molar-refractivity contribution in [3.63, 3.8) is 0 Å². The monoisotopic (exact) mass is 210 g/mol. The van der Waals surface area contributed by atoms with Gasteiger partial charge >= 0.3 is 5.97 Å². The molecule has 3 nitrogen and oxygen atoms in total. The molecule has 0 spiro atoms. The summed E-state index contributed by atoms with van der Waals surface area (Å²) in [6.07, 6.45) is 1.47. The highest BCUT2D eigenvalue weighted by atomic mass is 32.1. The topological polar surface area (TPSA) is 46.5 Å². The molecular formula is C10H10O3S. The first-order chi connectivity index (χ1) is 6.63. The SMILES string of the molecule is COc1cccc(/C=C(/S)C(=O)O)c1. The van der Waals surface area contributed by atoms with Crippen LogP contribution in [-0.4, -0.2) is 18.2 Å². The molecule has 0 atom stereocenters. The maximum absolute atomic E-state index is 10.5. The lowest BCUT2D eigenvalue weighted by molar-refractivity contribution is -0.131. The highest BCUT2D eigenvalue weighted by molar-refractivity contribution is 7.85. The lowest BCUT2D eigenvalue weighted by atomic mass is 10.2. The van der Waals surface area contributed by atoms with Crippen molar-refractivity contribution in [2.24, 2.45) is 0 Å². The van der Waals surface area contributed by atoms with Gasteiger partial charge in [-0.2, -0.15) is 0 Å². The summed E-state index contributed by atoms with van der Waals surface area (Å²) in [6.45, 7) is 0. The van der Waals surface area contributed by atoms with Gasteiger partial charge in [-0.1, -0.05) is 12.1 Å². The van der Waals surface area contributed by atoms with Gasteiger partial charge in [0.25, 0.3) is 0 Å². The van der Waals surface area contributed by atoms with Gasteiger partial charge in [-0.25, -0.2) is 4.79 Å². The number of ether oxygens (including phenoxy) is 1. The summed E-state index contributed by atoms with van der Waals surface area (Å²) in [5, 5.41) is 8.59. The summed E-state index contributed by atoms with van der Waals surface area (Å²) in [5.41, 5.74) is 0.747. The normalized spacial score (nSPS) is 11.1. The fourth-order valence-electron chi connectivity index (χ4n) is 0.951. The molecular weight excluding hydrogens is 200 g/mol. The molecule has 0 bridgehead atoms. The van der Waals surface area contributed by atoms with Gasteiger partial charge < -0.3 is 9.84 Å². The van der Waals surface area contributed by atoms with E-state index in [9.17, 15) is 4.79 Å². The Hall–Kier alpha value is -1.42. The molecule has 0 amide bonds. The van der Waals surface area contributed by atoms with Crippen LogP contribution in [0.1, 0.15) is 5.56 Å². The third-order valence-corrected chi connectivity index (χ3v) is 1.94. The molecule has 0 heterocycles. The average molecular weight is 210 g/mol. The molecule has 0 aliphatic heterocycles. The zero-order chi connectivity index (χ0) is 10.6. The van der Waals surface area contributed by atoms with Gasteiger partial charge in [0.05, 0.1) is 12.0 Å². The number of rotatable bonds is 3. The Kier molecular flexibility index (Phi) is 3.59. The molecule has 0 saturated heterocycles. The largest absolute Gasteiger partial charge is 0.497 e. The zero-order valence-electron chi connectivity index (χ0n) is 7.60. The quantitative estimate of drug-likeness (QED) is 0.593. The smallest absolute Gasteiger partial charge is 0.341 e. The summed E-state index contributed by atoms with van der Waals surface area (Å²) >= 11 is 3.82. The Morgan fingerprint density at radius 1 is 1.57 bits per heavy atom. The van der Waals surface area contributed by atoms with Gasteiger partial charge in [-0.05, 0) is 23.8 Å². The van der Waals surface area contributed by atoms with Gasteiger partial charge in [0.2, 0.25) is 0 Å². The van der Waals surface area contributed by atoms with E-state index in [2.05, 4.69) is 12.6 Å². The first-order valence-corrected chi connectivity index (χ1v) is 4.36. The Bertz CT molecular complexity index is 371. The van der Waals surface area contributed by atoms with E-state index in [4.69, 9.17) is 9.84 Å². The van der Waals surface area contributed by atoms with E-state index in [1.165, 1.54) is 6.08 Å². The Morgan fingerprint density at radius 3 is 2.86 bits per heavy atom. The van der Waals surface area contributed by atoms with Crippen LogP contribution in [0.5, 0.6) is 5.75 Å². The van der Waals surface area contributed by atoms with Crippen molar-refractivity contribution in [2.75, 3.05) is 7.11 Å². The van der Waals surface area contributed by atoms with Crippen LogP contribution < -0.4 is 4.74 Å². The zero-order valence-corrected chi connectivity index (χ0v) is 8.49. The second kappa shape index (κ2) is 4.72. The molecule has 0 saturated carbocycles. The standard InChI is InChI=1S/C10H10O3S/c1-13-8-4-2-3-7(5-8)6-9(14)10(11)12/h2-6,14H,1H3,(H,11,12)/b9-6+. The molecule has 1 N–H and O–H groups in total. The molecule has 4 heteroatoms. The molecule has 0 fully saturated rings. The van der Waals surface area contributed by atoms with E-state index in [1.807, 2.05) is 0 Å². The van der Waals surface area contributed by atoms with Crippen LogP contribution in [0.15, 0.2) is 29.2 Å². The molecule has 0 aromatic heterocycles. The van der Waals surface area contributed by atoms with Crippen molar-refractivity contribution in [1.82, 2.24) is 0 Å². The van der Waals surface area contributed by atoms with Crippen LogP contribution in [0.25, 0.3) is 6.08 Å². The van der Waals surface area contributed by atoms with Gasteiger partial charge in [0.1, 0.15) is 5.75 Å². The highest BCUT2D eigenvalue weighted by Gasteiger charge is 2.01. The van der Waals surface area contributed by atoms with E-state index in [1.54, 1.807) is 31.4 Å². The molecule has 0 unspecified atom stereocenters. The molecule has 1 aromatic carbocycles. The summed E-state index contributed by atoms with van der Waals surface area (Å²) in [7, 11) is 1.56. The minimum absolute atomic E-state index is 0.00162. The number of aliphatic carboxylic acids is 1. The second-order valence-corrected chi connectivity index (χ2v) is 3.09. The maximum Gasteiger partial charge on any atom is 0.341 e. The number of hydrogen-bond acceptors (Lipinski definition) is 3. The number of carboxylic acid groups (broad SMARTS) is 1. The Labute approximate surface area is 87.4 Å². The average Bonchev–Trinajstić information content (AvgIpc) is 2.18. The van der Waals surface area contributed by atoms with Crippen molar-refractivity contribution >= 4 is 24.7 Å². The van der Waals surface area contributed by atoms with Crippen molar-refractivity contribution in [1.29, 1.82) is 0 Å². The summed E-state index contributed by atoms with van der Waals surface area (Å²) in [5.74, 6) is -0.360. The van der Waals surface area contributed by atoms with Crippen LogP contribution in [0.2, 0.25) is 0 Å². The van der Waals surface area contributed by atoms with E-state index in [0.717, 1.165) is 5.56 Å². The van der Waals surface area contributed by atoms with Gasteiger partial charge in [-0.3, -0.25) is 0 Å². The molecule has 74 valence electrons. The fourth-order valence-corrected chi connectivity index (χ4v) is 1.10. The number of hydrogen-bond donors (Lipinski definition) is 2. The minimum Gasteiger partial charge on any atom is -0.497 e. The van der Waals surface area contributed by atoms with Crippen LogP contribution in [0.3, 0.4) is 0 Å². The number of carbonyl (C=O) groups is 1. The third-order valence-electron chi connectivity index (χ3n) is 1.62. The van der Waals surface area contributed by atoms with Crippen LogP contribution in [0.4, 0.5) is 0 Å². The number of benzene rings is 1. The highest BCUT2D eigenvalue weighted by Crippen LogP contribution is 2.16. The van der Waals surface area contributed by atoms with E-state index >= 15 is 0 Å². The third kappa shape index (κ3) is 2.81. The summed E-state index contributed by atoms with van der Waals surface area (Å²) < 4.78 is 5.00. The summed E-state index contributed by atoms with van der Waals surface area (Å²) in [6, 6.07) is 7.09. The van der Waals surface area contributed by atoms with Crippen molar-refractivity contribution in [3.8, 4) is 5.75 Å². The van der Waals surface area contributed by atoms with E-state index in [-0.39, 0.29) is 4.91 Å². The van der Waals surface area contributed by atoms with E-state index < -0.39 is 5.97 Å². The molecule has 0 radical (unpaired) electrons. The lowest BCUT2D eigenvalue weighted by Gasteiger charge is -2.00. The number of carboxylic acids is 1. The molecule has 1 aromatic rings. The van der Waals surface area contributed by atoms with Gasteiger partial charge in [0.15, 0.2) is 0 Å². The first kappa shape index (κ1) is 10.7. The van der Waals surface area contributed by atoms with Crippen LogP contribution in [0, 0.1) is 0 Å². The Balaban J connectivity index is 2.97. The predicted molar refractivity (Wildman–Crippen MR) is 57.6 cm³/mol. The van der Waals surface area contributed by atoms with Crippen molar-refractivity contribution in [3.05, 3.63) is 34.7 Å². The van der Waals surface area contributed by atoms with Crippen LogP contribution in [-0.2, 0) is 4.79 Å². The number of thiol groups is 1. The van der Waals surface area contributed by atoms with E-state index in [0.29, 0.717) is 5.75 Å². The van der Waals surface area contributed by atoms with Crippen molar-refractivity contribution in [2.45, 2.75) is 0 Å². The molecule has 1 rings (SSSR count). The fraction of sp³-hybridized carbons (Fsp3) is 0.100. The molecule has 0 aliphatic carbocycles. The Morgan fingerprint density at radius 2 is 2.29 bits per heavy atom. The maximum atomic E-state index is 10.5. The summed E-state index contributed by atoms with van der Waals surface area (Å²) in [4.78, 5) is 10.5. The molecule has 14 heavy (non-hydrogen) atoms.